The van der Waals surface area contributed by atoms with Gasteiger partial charge in [-0.05, 0) is 26.0 Å². The molecule has 1 heterocycles. The molecule has 19 heavy (non-hydrogen) atoms. The van der Waals surface area contributed by atoms with E-state index in [0.29, 0.717) is 0 Å². The topological polar surface area (TPSA) is 84.2 Å². The molecule has 6 heteroatoms. The van der Waals surface area contributed by atoms with Crippen molar-refractivity contribution in [2.75, 3.05) is 0 Å². The largest absolute Gasteiger partial charge is 0.480 e. The van der Waals surface area contributed by atoms with Crippen LogP contribution in [-0.4, -0.2) is 32.6 Å². The summed E-state index contributed by atoms with van der Waals surface area (Å²) in [7, 11) is 0. The maximum Gasteiger partial charge on any atom is 0.325 e. The van der Waals surface area contributed by atoms with Crippen molar-refractivity contribution < 1.29 is 14.7 Å². The molecule has 0 bridgehead atoms. The van der Waals surface area contributed by atoms with Crippen LogP contribution in [0.1, 0.15) is 19.9 Å². The number of nitrogens with zero attached hydrogens (tertiary/aromatic N) is 2. The van der Waals surface area contributed by atoms with Crippen molar-refractivity contribution in [2.45, 2.75) is 25.9 Å². The molecule has 1 aromatic carbocycles. The highest BCUT2D eigenvalue weighted by Crippen LogP contribution is 2.17. The zero-order valence-corrected chi connectivity index (χ0v) is 10.7. The summed E-state index contributed by atoms with van der Waals surface area (Å²) in [6.07, 6.45) is 1.58. The van der Waals surface area contributed by atoms with Crippen LogP contribution in [0.15, 0.2) is 30.6 Å². The van der Waals surface area contributed by atoms with Gasteiger partial charge in [0.25, 0.3) is 0 Å². The summed E-state index contributed by atoms with van der Waals surface area (Å²) in [6, 6.07) is 6.03. The van der Waals surface area contributed by atoms with E-state index < -0.39 is 18.1 Å². The van der Waals surface area contributed by atoms with Gasteiger partial charge in [0.05, 0.1) is 17.4 Å². The van der Waals surface area contributed by atoms with E-state index in [2.05, 4.69) is 10.3 Å². The summed E-state index contributed by atoms with van der Waals surface area (Å²) in [5.74, 6) is -1.41. The van der Waals surface area contributed by atoms with Crippen LogP contribution in [0.3, 0.4) is 0 Å². The molecule has 1 unspecified atom stereocenters. The van der Waals surface area contributed by atoms with Crippen LogP contribution in [0.5, 0.6) is 0 Å². The highest BCUT2D eigenvalue weighted by Gasteiger charge is 2.21. The number of para-hydroxylation sites is 2. The van der Waals surface area contributed by atoms with Crippen molar-refractivity contribution in [2.24, 2.45) is 0 Å². The Hall–Kier alpha value is -2.37. The number of carbonyl (C=O) groups is 2. The van der Waals surface area contributed by atoms with Crippen molar-refractivity contribution in [3.8, 4) is 0 Å². The lowest BCUT2D eigenvalue weighted by atomic mass is 10.2. The molecule has 0 aliphatic rings. The van der Waals surface area contributed by atoms with Gasteiger partial charge in [-0.3, -0.25) is 9.59 Å². The Labute approximate surface area is 110 Å². The molecule has 0 saturated heterocycles. The number of rotatable bonds is 4. The molecule has 0 radical (unpaired) electrons. The van der Waals surface area contributed by atoms with Crippen molar-refractivity contribution in [3.05, 3.63) is 30.6 Å². The average molecular weight is 261 g/mol. The monoisotopic (exact) mass is 261 g/mol. The Morgan fingerprint density at radius 1 is 1.32 bits per heavy atom. The Balaban J connectivity index is 2.22. The fraction of sp³-hybridized carbons (Fsp3) is 0.308. The molecule has 2 atom stereocenters. The minimum atomic E-state index is -1.06. The molecule has 6 nitrogen and oxygen atoms in total. The summed E-state index contributed by atoms with van der Waals surface area (Å²) in [4.78, 5) is 26.9. The standard InChI is InChI=1S/C13H15N3O3/c1-8(13(18)19)15-12(17)9(2)16-7-14-10-5-3-4-6-11(10)16/h3-9H,1-2H3,(H,15,17)(H,18,19)/t8-,9?/m0/s1. The number of hydrogen-bond acceptors (Lipinski definition) is 3. The van der Waals surface area contributed by atoms with Gasteiger partial charge in [0.2, 0.25) is 5.91 Å². The van der Waals surface area contributed by atoms with Gasteiger partial charge >= 0.3 is 5.97 Å². The first kappa shape index (κ1) is 13.1. The van der Waals surface area contributed by atoms with Crippen molar-refractivity contribution >= 4 is 22.9 Å². The predicted molar refractivity (Wildman–Crippen MR) is 69.7 cm³/mol. The lowest BCUT2D eigenvalue weighted by Crippen LogP contribution is -2.41. The maximum atomic E-state index is 12.0. The van der Waals surface area contributed by atoms with Crippen LogP contribution in [-0.2, 0) is 9.59 Å². The van der Waals surface area contributed by atoms with E-state index in [9.17, 15) is 9.59 Å². The second-order valence-electron chi connectivity index (χ2n) is 4.39. The number of amides is 1. The van der Waals surface area contributed by atoms with Crippen LogP contribution in [0, 0.1) is 0 Å². The highest BCUT2D eigenvalue weighted by molar-refractivity contribution is 5.87. The molecule has 2 aromatic rings. The Kier molecular flexibility index (Phi) is 3.50. The van der Waals surface area contributed by atoms with Crippen LogP contribution in [0.2, 0.25) is 0 Å². The second-order valence-corrected chi connectivity index (χ2v) is 4.39. The first-order chi connectivity index (χ1) is 9.00. The molecule has 0 fully saturated rings. The van der Waals surface area contributed by atoms with Crippen molar-refractivity contribution in [3.63, 3.8) is 0 Å². The quantitative estimate of drug-likeness (QED) is 0.865. The third-order valence-electron chi connectivity index (χ3n) is 3.01. The molecule has 1 amide bonds. The zero-order valence-electron chi connectivity index (χ0n) is 10.7. The van der Waals surface area contributed by atoms with Gasteiger partial charge in [0, 0.05) is 0 Å². The third kappa shape index (κ3) is 2.57. The zero-order chi connectivity index (χ0) is 14.0. The fourth-order valence-corrected chi connectivity index (χ4v) is 1.81. The average Bonchev–Trinajstić information content (AvgIpc) is 2.81. The molecule has 0 aliphatic carbocycles. The fourth-order valence-electron chi connectivity index (χ4n) is 1.81. The lowest BCUT2D eigenvalue weighted by molar-refractivity contribution is -0.141. The molecule has 2 rings (SSSR count). The molecule has 1 aromatic heterocycles. The number of hydrogen-bond donors (Lipinski definition) is 2. The number of fused-ring (bicyclic) bond motifs is 1. The van der Waals surface area contributed by atoms with Crippen LogP contribution in [0.4, 0.5) is 0 Å². The van der Waals surface area contributed by atoms with Crippen molar-refractivity contribution in [1.82, 2.24) is 14.9 Å². The minimum absolute atomic E-state index is 0.349. The van der Waals surface area contributed by atoms with Gasteiger partial charge in [0.15, 0.2) is 0 Å². The van der Waals surface area contributed by atoms with E-state index in [1.165, 1.54) is 6.92 Å². The number of aliphatic carboxylic acids is 1. The van der Waals surface area contributed by atoms with Crippen LogP contribution >= 0.6 is 0 Å². The minimum Gasteiger partial charge on any atom is -0.480 e. The maximum absolute atomic E-state index is 12.0. The third-order valence-corrected chi connectivity index (χ3v) is 3.01. The van der Waals surface area contributed by atoms with Gasteiger partial charge in [-0.1, -0.05) is 12.1 Å². The summed E-state index contributed by atoms with van der Waals surface area (Å²) >= 11 is 0. The first-order valence-corrected chi connectivity index (χ1v) is 5.95. The smallest absolute Gasteiger partial charge is 0.325 e. The number of carboxylic acid groups (broad SMARTS) is 1. The lowest BCUT2D eigenvalue weighted by Gasteiger charge is -2.16. The molecule has 2 N–H and O–H groups in total. The Morgan fingerprint density at radius 2 is 2.00 bits per heavy atom. The van der Waals surface area contributed by atoms with Crippen molar-refractivity contribution in [1.29, 1.82) is 0 Å². The normalized spacial score (nSPS) is 14.0. The van der Waals surface area contributed by atoms with Gasteiger partial charge < -0.3 is 15.0 Å². The Morgan fingerprint density at radius 3 is 2.68 bits per heavy atom. The molecular formula is C13H15N3O3. The summed E-state index contributed by atoms with van der Waals surface area (Å²) < 4.78 is 1.72. The summed E-state index contributed by atoms with van der Waals surface area (Å²) in [5, 5.41) is 11.2. The first-order valence-electron chi connectivity index (χ1n) is 5.95. The number of nitrogens with one attached hydrogen (secondary N) is 1. The summed E-state index contributed by atoms with van der Waals surface area (Å²) in [5.41, 5.74) is 1.64. The van der Waals surface area contributed by atoms with E-state index in [0.717, 1.165) is 11.0 Å². The van der Waals surface area contributed by atoms with E-state index in [-0.39, 0.29) is 5.91 Å². The van der Waals surface area contributed by atoms with Crippen LogP contribution < -0.4 is 5.32 Å². The van der Waals surface area contributed by atoms with E-state index in [1.54, 1.807) is 17.8 Å². The number of aromatic nitrogens is 2. The second kappa shape index (κ2) is 5.09. The van der Waals surface area contributed by atoms with Crippen LogP contribution in [0.25, 0.3) is 11.0 Å². The molecule has 0 saturated carbocycles. The van der Waals surface area contributed by atoms with Gasteiger partial charge in [-0.15, -0.1) is 0 Å². The SMILES string of the molecule is CC(C(=O)N[C@@H](C)C(=O)O)n1cnc2ccccc21. The number of benzene rings is 1. The van der Waals surface area contributed by atoms with E-state index in [1.807, 2.05) is 24.3 Å². The van der Waals surface area contributed by atoms with Gasteiger partial charge in [-0.2, -0.15) is 0 Å². The van der Waals surface area contributed by atoms with E-state index in [4.69, 9.17) is 5.11 Å². The predicted octanol–water partition coefficient (Wildman–Crippen LogP) is 1.19. The highest BCUT2D eigenvalue weighted by atomic mass is 16.4. The number of carboxylic acids is 1. The Bertz CT molecular complexity index is 620. The molecule has 0 spiro atoms. The molecule has 100 valence electrons. The molecule has 0 aliphatic heterocycles. The van der Waals surface area contributed by atoms with Gasteiger partial charge in [0.1, 0.15) is 12.1 Å². The molecular weight excluding hydrogens is 246 g/mol. The number of carbonyl (C=O) groups excluding carboxylic acids is 1. The number of imidazole rings is 1. The van der Waals surface area contributed by atoms with E-state index >= 15 is 0 Å². The summed E-state index contributed by atoms with van der Waals surface area (Å²) in [6.45, 7) is 3.14. The van der Waals surface area contributed by atoms with Gasteiger partial charge in [-0.25, -0.2) is 4.98 Å².